The molecule has 29 heavy (non-hydrogen) atoms. The molecule has 0 spiro atoms. The van der Waals surface area contributed by atoms with E-state index in [1.807, 2.05) is 54.6 Å². The number of ketones is 1. The maximum Gasteiger partial charge on any atom is 0.305 e. The minimum Gasteiger partial charge on any atom is -0.488 e. The summed E-state index contributed by atoms with van der Waals surface area (Å²) in [6, 6.07) is 19.0. The van der Waals surface area contributed by atoms with Crippen LogP contribution in [0.4, 0.5) is 0 Å². The number of aromatic nitrogens is 1. The van der Waals surface area contributed by atoms with E-state index in [1.165, 1.54) is 7.11 Å². The number of nitrogens with zero attached hydrogens (tertiary/aromatic N) is 1. The Hall–Kier alpha value is -3.47. The van der Waals surface area contributed by atoms with E-state index in [-0.39, 0.29) is 24.6 Å². The Labute approximate surface area is 170 Å². The molecule has 0 amide bonds. The van der Waals surface area contributed by atoms with Gasteiger partial charge in [-0.15, -0.1) is 0 Å². The van der Waals surface area contributed by atoms with Crippen LogP contribution in [0.1, 0.15) is 33.5 Å². The average Bonchev–Trinajstić information content (AvgIpc) is 2.77. The number of methoxy groups -OCH3 is 1. The van der Waals surface area contributed by atoms with Gasteiger partial charge in [-0.2, -0.15) is 0 Å². The molecule has 0 aliphatic rings. The van der Waals surface area contributed by atoms with Gasteiger partial charge in [0.15, 0.2) is 5.78 Å². The predicted molar refractivity (Wildman–Crippen MR) is 110 cm³/mol. The Balaban J connectivity index is 1.81. The quantitative estimate of drug-likeness (QED) is 0.405. The molecule has 0 saturated carbocycles. The first-order chi connectivity index (χ1) is 14.2. The molecule has 0 bridgehead atoms. The first kappa shape index (κ1) is 20.3. The van der Waals surface area contributed by atoms with Crippen LogP contribution in [0.5, 0.6) is 5.75 Å². The van der Waals surface area contributed by atoms with Crippen molar-refractivity contribution < 1.29 is 19.1 Å². The van der Waals surface area contributed by atoms with Crippen LogP contribution in [0.15, 0.2) is 73.1 Å². The molecule has 1 heterocycles. The van der Waals surface area contributed by atoms with Gasteiger partial charge in [0.1, 0.15) is 12.4 Å². The van der Waals surface area contributed by atoms with Crippen LogP contribution in [0.3, 0.4) is 0 Å². The highest BCUT2D eigenvalue weighted by Crippen LogP contribution is 2.24. The number of carbonyl (C=O) groups is 2. The van der Waals surface area contributed by atoms with Gasteiger partial charge in [0.2, 0.25) is 0 Å². The standard InChI is InChI=1S/C24H23NO4/c1-28-24(27)12-10-18-9-11-23(29-17-19-6-3-2-4-7-19)21(14-18)22(26)15-20-8-5-13-25-16-20/h2-9,11,13-14,16H,10,12,15,17H2,1H3. The predicted octanol–water partition coefficient (Wildman–Crippen LogP) is 4.19. The third-order valence-electron chi connectivity index (χ3n) is 4.51. The second-order valence-electron chi connectivity index (χ2n) is 6.64. The van der Waals surface area contributed by atoms with Gasteiger partial charge in [0, 0.05) is 25.2 Å². The number of benzene rings is 2. The average molecular weight is 389 g/mol. The molecule has 0 atom stereocenters. The van der Waals surface area contributed by atoms with E-state index in [4.69, 9.17) is 9.47 Å². The van der Waals surface area contributed by atoms with Crippen molar-refractivity contribution in [2.45, 2.75) is 25.9 Å². The van der Waals surface area contributed by atoms with E-state index < -0.39 is 0 Å². The zero-order valence-electron chi connectivity index (χ0n) is 16.3. The van der Waals surface area contributed by atoms with E-state index in [9.17, 15) is 9.59 Å². The summed E-state index contributed by atoms with van der Waals surface area (Å²) in [6.45, 7) is 0.371. The van der Waals surface area contributed by atoms with Gasteiger partial charge in [-0.05, 0) is 41.3 Å². The summed E-state index contributed by atoms with van der Waals surface area (Å²) in [5.41, 5.74) is 3.25. The number of pyridine rings is 1. The summed E-state index contributed by atoms with van der Waals surface area (Å²) in [4.78, 5) is 28.5. The Kier molecular flexibility index (Phi) is 7.11. The number of ether oxygens (including phenoxy) is 2. The summed E-state index contributed by atoms with van der Waals surface area (Å²) in [5, 5.41) is 0. The van der Waals surface area contributed by atoms with Crippen LogP contribution in [0.2, 0.25) is 0 Å². The normalized spacial score (nSPS) is 10.4. The lowest BCUT2D eigenvalue weighted by Gasteiger charge is -2.13. The highest BCUT2D eigenvalue weighted by Gasteiger charge is 2.15. The molecule has 5 nitrogen and oxygen atoms in total. The molecule has 0 N–H and O–H groups in total. The summed E-state index contributed by atoms with van der Waals surface area (Å²) in [6.07, 6.45) is 4.35. The molecule has 3 aromatic rings. The fourth-order valence-corrected chi connectivity index (χ4v) is 2.94. The van der Waals surface area contributed by atoms with E-state index in [0.717, 1.165) is 16.7 Å². The Morgan fingerprint density at radius 1 is 0.931 bits per heavy atom. The Morgan fingerprint density at radius 3 is 2.45 bits per heavy atom. The van der Waals surface area contributed by atoms with Crippen molar-refractivity contribution in [1.29, 1.82) is 0 Å². The smallest absolute Gasteiger partial charge is 0.305 e. The number of carbonyl (C=O) groups excluding carboxylic acids is 2. The minimum atomic E-state index is -0.280. The highest BCUT2D eigenvalue weighted by molar-refractivity contribution is 6.00. The van der Waals surface area contributed by atoms with Crippen LogP contribution in [0.25, 0.3) is 0 Å². The number of aryl methyl sites for hydroxylation is 1. The first-order valence-electron chi connectivity index (χ1n) is 9.44. The monoisotopic (exact) mass is 389 g/mol. The molecule has 0 unspecified atom stereocenters. The van der Waals surface area contributed by atoms with Crippen molar-refractivity contribution in [2.24, 2.45) is 0 Å². The Morgan fingerprint density at radius 2 is 1.72 bits per heavy atom. The molecule has 0 fully saturated rings. The zero-order valence-corrected chi connectivity index (χ0v) is 16.3. The van der Waals surface area contributed by atoms with Crippen LogP contribution in [0, 0.1) is 0 Å². The number of rotatable bonds is 9. The molecule has 5 heteroatoms. The molecule has 1 aromatic heterocycles. The molecule has 148 valence electrons. The number of hydrogen-bond acceptors (Lipinski definition) is 5. The van der Waals surface area contributed by atoms with Crippen LogP contribution < -0.4 is 4.74 Å². The fraction of sp³-hybridized carbons (Fsp3) is 0.208. The fourth-order valence-electron chi connectivity index (χ4n) is 2.94. The maximum absolute atomic E-state index is 13.0. The maximum atomic E-state index is 13.0. The van der Waals surface area contributed by atoms with Crippen molar-refractivity contribution in [1.82, 2.24) is 4.98 Å². The van der Waals surface area contributed by atoms with Gasteiger partial charge in [0.25, 0.3) is 0 Å². The summed E-state index contributed by atoms with van der Waals surface area (Å²) in [7, 11) is 1.37. The Bertz CT molecular complexity index is 955. The second-order valence-corrected chi connectivity index (χ2v) is 6.64. The lowest BCUT2D eigenvalue weighted by atomic mass is 9.99. The summed E-state index contributed by atoms with van der Waals surface area (Å²) < 4.78 is 10.7. The van der Waals surface area contributed by atoms with Crippen molar-refractivity contribution in [2.75, 3.05) is 7.11 Å². The minimum absolute atomic E-state index is 0.0546. The zero-order chi connectivity index (χ0) is 20.5. The third kappa shape index (κ3) is 6.01. The van der Waals surface area contributed by atoms with Gasteiger partial charge >= 0.3 is 5.97 Å². The molecular formula is C24H23NO4. The van der Waals surface area contributed by atoms with Crippen LogP contribution in [-0.4, -0.2) is 23.8 Å². The van der Waals surface area contributed by atoms with Crippen molar-refractivity contribution in [3.63, 3.8) is 0 Å². The molecule has 0 saturated heterocycles. The lowest BCUT2D eigenvalue weighted by molar-refractivity contribution is -0.140. The molecular weight excluding hydrogens is 366 g/mol. The molecule has 0 aliphatic carbocycles. The topological polar surface area (TPSA) is 65.5 Å². The summed E-state index contributed by atoms with van der Waals surface area (Å²) in [5.74, 6) is 0.197. The number of Topliss-reactive ketones (excluding diaryl/α,β-unsaturated/α-hetero) is 1. The van der Waals surface area contributed by atoms with Gasteiger partial charge in [0.05, 0.1) is 12.7 Å². The lowest BCUT2D eigenvalue weighted by Crippen LogP contribution is -2.09. The number of esters is 1. The van der Waals surface area contributed by atoms with Crippen molar-refractivity contribution >= 4 is 11.8 Å². The van der Waals surface area contributed by atoms with E-state index in [2.05, 4.69) is 4.98 Å². The summed E-state index contributed by atoms with van der Waals surface area (Å²) >= 11 is 0. The largest absolute Gasteiger partial charge is 0.488 e. The van der Waals surface area contributed by atoms with Crippen LogP contribution >= 0.6 is 0 Å². The van der Waals surface area contributed by atoms with E-state index >= 15 is 0 Å². The van der Waals surface area contributed by atoms with E-state index in [1.54, 1.807) is 18.5 Å². The molecule has 0 aliphatic heterocycles. The molecule has 3 rings (SSSR count). The van der Waals surface area contributed by atoms with Gasteiger partial charge < -0.3 is 9.47 Å². The van der Waals surface area contributed by atoms with Crippen LogP contribution in [-0.2, 0) is 29.0 Å². The van der Waals surface area contributed by atoms with E-state index in [0.29, 0.717) is 24.3 Å². The van der Waals surface area contributed by atoms with Crippen molar-refractivity contribution in [3.05, 3.63) is 95.3 Å². The second kappa shape index (κ2) is 10.2. The molecule has 2 aromatic carbocycles. The van der Waals surface area contributed by atoms with Gasteiger partial charge in [-0.1, -0.05) is 42.5 Å². The van der Waals surface area contributed by atoms with Crippen molar-refractivity contribution in [3.8, 4) is 5.75 Å². The highest BCUT2D eigenvalue weighted by atomic mass is 16.5. The molecule has 0 radical (unpaired) electrons. The van der Waals surface area contributed by atoms with Gasteiger partial charge in [-0.25, -0.2) is 0 Å². The van der Waals surface area contributed by atoms with Gasteiger partial charge in [-0.3, -0.25) is 14.6 Å². The number of hydrogen-bond donors (Lipinski definition) is 0. The third-order valence-corrected chi connectivity index (χ3v) is 4.51. The SMILES string of the molecule is COC(=O)CCc1ccc(OCc2ccccc2)c(C(=O)Cc2cccnc2)c1. The first-order valence-corrected chi connectivity index (χ1v) is 9.44.